The van der Waals surface area contributed by atoms with E-state index in [2.05, 4.69) is 5.32 Å². The van der Waals surface area contributed by atoms with E-state index < -0.39 is 11.5 Å². The Balaban J connectivity index is 3.68. The molecule has 0 rings (SSSR count). The summed E-state index contributed by atoms with van der Waals surface area (Å²) in [5.74, 6) is 0.680. The van der Waals surface area contributed by atoms with Gasteiger partial charge in [-0.05, 0) is 32.6 Å². The van der Waals surface area contributed by atoms with E-state index in [4.69, 9.17) is 5.11 Å². The van der Waals surface area contributed by atoms with E-state index in [1.54, 1.807) is 44.7 Å². The Morgan fingerprint density at radius 1 is 1.33 bits per heavy atom. The van der Waals surface area contributed by atoms with Crippen LogP contribution in [-0.2, 0) is 9.59 Å². The number of carboxylic acid groups (broad SMARTS) is 1. The van der Waals surface area contributed by atoms with Gasteiger partial charge in [0.05, 0.1) is 5.75 Å². The fraction of sp³-hybridized carbons (Fsp3) is 0.833. The van der Waals surface area contributed by atoms with Gasteiger partial charge in [-0.15, -0.1) is 0 Å². The lowest BCUT2D eigenvalue weighted by Crippen LogP contribution is -2.47. The van der Waals surface area contributed by atoms with Gasteiger partial charge in [0.1, 0.15) is 5.54 Å². The first kappa shape index (κ1) is 17.2. The summed E-state index contributed by atoms with van der Waals surface area (Å²) < 4.78 is 0. The number of aliphatic carboxylic acids is 1. The third-order valence-electron chi connectivity index (χ3n) is 2.96. The van der Waals surface area contributed by atoms with Crippen molar-refractivity contribution in [1.29, 1.82) is 0 Å². The van der Waals surface area contributed by atoms with Crippen molar-refractivity contribution in [3.63, 3.8) is 0 Å². The molecule has 0 aromatic heterocycles. The van der Waals surface area contributed by atoms with Gasteiger partial charge < -0.3 is 15.3 Å². The van der Waals surface area contributed by atoms with Crippen molar-refractivity contribution in [3.8, 4) is 0 Å². The van der Waals surface area contributed by atoms with Crippen LogP contribution in [0.5, 0.6) is 0 Å². The van der Waals surface area contributed by atoms with Crippen molar-refractivity contribution >= 4 is 23.6 Å². The molecule has 0 radical (unpaired) electrons. The summed E-state index contributed by atoms with van der Waals surface area (Å²) in [7, 11) is 5.15. The number of unbranched alkanes of at least 4 members (excludes halogenated alkanes) is 1. The van der Waals surface area contributed by atoms with Crippen molar-refractivity contribution in [3.05, 3.63) is 0 Å². The number of hydrogen-bond acceptors (Lipinski definition) is 4. The Kier molecular flexibility index (Phi) is 8.02. The Bertz CT molecular complexity index is 284. The second-order valence-electron chi connectivity index (χ2n) is 4.69. The minimum Gasteiger partial charge on any atom is -0.480 e. The summed E-state index contributed by atoms with van der Waals surface area (Å²) in [6.07, 6.45) is 2.36. The van der Waals surface area contributed by atoms with E-state index in [0.29, 0.717) is 12.2 Å². The van der Waals surface area contributed by atoms with Gasteiger partial charge in [0.15, 0.2) is 0 Å². The molecule has 0 saturated carbocycles. The van der Waals surface area contributed by atoms with Crippen molar-refractivity contribution in [1.82, 2.24) is 10.2 Å². The second-order valence-corrected chi connectivity index (χ2v) is 5.79. The molecule has 18 heavy (non-hydrogen) atoms. The van der Waals surface area contributed by atoms with Crippen LogP contribution in [-0.4, -0.2) is 60.1 Å². The molecular weight excluding hydrogens is 252 g/mol. The van der Waals surface area contributed by atoms with Crippen LogP contribution >= 0.6 is 11.8 Å². The molecule has 5 nitrogen and oxygen atoms in total. The maximum atomic E-state index is 11.3. The highest BCUT2D eigenvalue weighted by atomic mass is 32.2. The largest absolute Gasteiger partial charge is 0.480 e. The maximum Gasteiger partial charge on any atom is 0.323 e. The van der Waals surface area contributed by atoms with Gasteiger partial charge in [-0.3, -0.25) is 9.59 Å². The van der Waals surface area contributed by atoms with E-state index in [9.17, 15) is 9.59 Å². The van der Waals surface area contributed by atoms with Crippen LogP contribution in [0.4, 0.5) is 0 Å². The van der Waals surface area contributed by atoms with E-state index >= 15 is 0 Å². The maximum absolute atomic E-state index is 11.3. The summed E-state index contributed by atoms with van der Waals surface area (Å²) in [5.41, 5.74) is -0.843. The monoisotopic (exact) mass is 276 g/mol. The van der Waals surface area contributed by atoms with Gasteiger partial charge in [-0.1, -0.05) is 6.42 Å². The predicted octanol–water partition coefficient (Wildman–Crippen LogP) is 1.04. The Morgan fingerprint density at radius 3 is 2.39 bits per heavy atom. The quantitative estimate of drug-likeness (QED) is 0.616. The van der Waals surface area contributed by atoms with Crippen molar-refractivity contribution < 1.29 is 14.7 Å². The molecule has 0 fully saturated rings. The molecule has 6 heteroatoms. The first-order chi connectivity index (χ1) is 8.33. The molecule has 0 aliphatic carbocycles. The highest BCUT2D eigenvalue weighted by Crippen LogP contribution is 2.15. The van der Waals surface area contributed by atoms with Crippen LogP contribution in [0.15, 0.2) is 0 Å². The normalized spacial score (nSPS) is 14.0. The van der Waals surface area contributed by atoms with Crippen LogP contribution in [0.25, 0.3) is 0 Å². The summed E-state index contributed by atoms with van der Waals surface area (Å²) in [4.78, 5) is 23.9. The number of carboxylic acids is 1. The lowest BCUT2D eigenvalue weighted by Gasteiger charge is -2.23. The SMILES string of the molecule is CNC(C)(CCCCSCC(=O)N(C)C)C(=O)O. The molecule has 1 unspecified atom stereocenters. The Hall–Kier alpha value is -0.750. The molecule has 0 aromatic carbocycles. The van der Waals surface area contributed by atoms with Crippen LogP contribution in [0.3, 0.4) is 0 Å². The molecule has 0 heterocycles. The number of nitrogens with one attached hydrogen (secondary N) is 1. The van der Waals surface area contributed by atoms with Crippen molar-refractivity contribution in [2.75, 3.05) is 32.6 Å². The number of rotatable bonds is 9. The second kappa shape index (κ2) is 8.37. The summed E-state index contributed by atoms with van der Waals surface area (Å²) in [6.45, 7) is 1.69. The lowest BCUT2D eigenvalue weighted by molar-refractivity contribution is -0.144. The highest BCUT2D eigenvalue weighted by molar-refractivity contribution is 7.99. The zero-order valence-corrected chi connectivity index (χ0v) is 12.5. The summed E-state index contributed by atoms with van der Waals surface area (Å²) in [5, 5.41) is 11.9. The van der Waals surface area contributed by atoms with Crippen molar-refractivity contribution in [2.45, 2.75) is 31.7 Å². The third kappa shape index (κ3) is 6.26. The molecule has 0 bridgehead atoms. The minimum atomic E-state index is -0.843. The number of carbonyl (C=O) groups excluding carboxylic acids is 1. The topological polar surface area (TPSA) is 69.6 Å². The molecule has 2 N–H and O–H groups in total. The summed E-state index contributed by atoms with van der Waals surface area (Å²) in [6, 6.07) is 0. The number of amides is 1. The molecule has 1 amide bonds. The first-order valence-corrected chi connectivity index (χ1v) is 7.19. The van der Waals surface area contributed by atoms with Crippen LogP contribution in [0, 0.1) is 0 Å². The number of nitrogens with zero attached hydrogens (tertiary/aromatic N) is 1. The number of hydrogen-bond donors (Lipinski definition) is 2. The molecule has 0 saturated heterocycles. The standard InChI is InChI=1S/C12H24N2O3S/c1-12(13-2,11(16)17)7-5-6-8-18-9-10(15)14(3)4/h13H,5-9H2,1-4H3,(H,16,17). The smallest absolute Gasteiger partial charge is 0.323 e. The molecule has 0 aliphatic heterocycles. The van der Waals surface area contributed by atoms with Crippen LogP contribution in [0.2, 0.25) is 0 Å². The zero-order chi connectivity index (χ0) is 14.2. The third-order valence-corrected chi connectivity index (χ3v) is 3.99. The number of likely N-dealkylation sites (N-methyl/N-ethyl adjacent to an activating group) is 1. The zero-order valence-electron chi connectivity index (χ0n) is 11.7. The Morgan fingerprint density at radius 2 is 1.94 bits per heavy atom. The van der Waals surface area contributed by atoms with Crippen LogP contribution < -0.4 is 5.32 Å². The molecule has 106 valence electrons. The molecule has 1 atom stereocenters. The van der Waals surface area contributed by atoms with Gasteiger partial charge in [0.2, 0.25) is 5.91 Å². The number of thioether (sulfide) groups is 1. The van der Waals surface area contributed by atoms with E-state index in [1.165, 1.54) is 0 Å². The first-order valence-electron chi connectivity index (χ1n) is 6.03. The highest BCUT2D eigenvalue weighted by Gasteiger charge is 2.29. The molecule has 0 spiro atoms. The number of carbonyl (C=O) groups is 2. The lowest BCUT2D eigenvalue weighted by atomic mass is 9.95. The van der Waals surface area contributed by atoms with Gasteiger partial charge in [0, 0.05) is 14.1 Å². The van der Waals surface area contributed by atoms with Gasteiger partial charge in [-0.25, -0.2) is 0 Å². The summed E-state index contributed by atoms with van der Waals surface area (Å²) >= 11 is 1.60. The average Bonchev–Trinajstić information content (AvgIpc) is 2.32. The predicted molar refractivity (Wildman–Crippen MR) is 75.0 cm³/mol. The minimum absolute atomic E-state index is 0.116. The fourth-order valence-corrected chi connectivity index (χ4v) is 2.30. The van der Waals surface area contributed by atoms with E-state index in [0.717, 1.165) is 18.6 Å². The van der Waals surface area contributed by atoms with Gasteiger partial charge >= 0.3 is 5.97 Å². The van der Waals surface area contributed by atoms with Gasteiger partial charge in [0.25, 0.3) is 0 Å². The molecule has 0 aromatic rings. The molecular formula is C12H24N2O3S. The van der Waals surface area contributed by atoms with E-state index in [1.807, 2.05) is 0 Å². The van der Waals surface area contributed by atoms with Crippen molar-refractivity contribution in [2.24, 2.45) is 0 Å². The van der Waals surface area contributed by atoms with Crippen LogP contribution in [0.1, 0.15) is 26.2 Å². The Labute approximate surface area is 113 Å². The van der Waals surface area contributed by atoms with Gasteiger partial charge in [-0.2, -0.15) is 11.8 Å². The molecule has 0 aliphatic rings. The van der Waals surface area contributed by atoms with E-state index in [-0.39, 0.29) is 5.91 Å². The average molecular weight is 276 g/mol. The fourth-order valence-electron chi connectivity index (χ4n) is 1.31.